The number of ether oxygens (including phenoxy) is 10. The van der Waals surface area contributed by atoms with Crippen LogP contribution >= 0.6 is 0 Å². The maximum absolute atomic E-state index is 15.5. The molecule has 16 N–H and O–H groups in total. The summed E-state index contributed by atoms with van der Waals surface area (Å²) < 4.78 is 59.6. The van der Waals surface area contributed by atoms with Crippen LogP contribution in [-0.4, -0.2) is 280 Å². The summed E-state index contributed by atoms with van der Waals surface area (Å²) in [6.07, 6.45) is -36.3. The van der Waals surface area contributed by atoms with E-state index in [9.17, 15) is 86.5 Å². The van der Waals surface area contributed by atoms with Gasteiger partial charge in [0.15, 0.2) is 31.3 Å². The Labute approximate surface area is 503 Å². The molecule has 0 aromatic carbocycles. The number of aliphatic hydroxyl groups excluding tert-OH is 16. The van der Waals surface area contributed by atoms with E-state index in [1.165, 1.54) is 6.92 Å². The van der Waals surface area contributed by atoms with Crippen molar-refractivity contribution in [1.29, 1.82) is 0 Å². The van der Waals surface area contributed by atoms with Gasteiger partial charge in [0.1, 0.15) is 110 Å². The van der Waals surface area contributed by atoms with Crippen LogP contribution in [0.1, 0.15) is 106 Å². The average Bonchev–Trinajstić information content (AvgIpc) is 0.833. The van der Waals surface area contributed by atoms with Crippen LogP contribution in [0, 0.1) is 50.2 Å². The molecule has 87 heavy (non-hydrogen) atoms. The summed E-state index contributed by atoms with van der Waals surface area (Å²) in [6.45, 7) is 11.1. The molecule has 10 aliphatic rings. The molecular weight excluding hydrogens is 1160 g/mol. The minimum absolute atomic E-state index is 0.114. The zero-order valence-electron chi connectivity index (χ0n) is 50.1. The van der Waals surface area contributed by atoms with Gasteiger partial charge in [-0.25, -0.2) is 0 Å². The first-order valence-corrected chi connectivity index (χ1v) is 30.7. The molecule has 28 heteroatoms. The van der Waals surface area contributed by atoms with Gasteiger partial charge in [-0.1, -0.05) is 53.2 Å². The first-order valence-electron chi connectivity index (χ1n) is 30.7. The van der Waals surface area contributed by atoms with E-state index in [4.69, 9.17) is 47.4 Å². The molecule has 5 saturated heterocycles. The molecular formula is C59H94O28. The average molecular weight is 1250 g/mol. The number of carbonyl (C=O) groups is 2. The summed E-state index contributed by atoms with van der Waals surface area (Å²) in [5.74, 6) is -1.71. The second-order valence-corrected chi connectivity index (χ2v) is 28.4. The molecule has 10 rings (SSSR count). The van der Waals surface area contributed by atoms with Crippen molar-refractivity contribution in [1.82, 2.24) is 0 Å². The highest BCUT2D eigenvalue weighted by molar-refractivity contribution is 5.79. The molecule has 0 bridgehead atoms. The summed E-state index contributed by atoms with van der Waals surface area (Å²) in [4.78, 5) is 29.4. The summed E-state index contributed by atoms with van der Waals surface area (Å²) in [7, 11) is 0. The molecule has 0 radical (unpaired) electrons. The molecule has 5 aliphatic carbocycles. The number of allylic oxidation sites excluding steroid dienone is 2. The van der Waals surface area contributed by atoms with Crippen molar-refractivity contribution in [3.8, 4) is 0 Å². The van der Waals surface area contributed by atoms with Crippen LogP contribution in [0.4, 0.5) is 0 Å². The number of fused-ring (bicyclic) bond motifs is 7. The Hall–Kier alpha value is -2.12. The van der Waals surface area contributed by atoms with E-state index < -0.39 is 231 Å². The second-order valence-electron chi connectivity index (χ2n) is 28.4. The third kappa shape index (κ3) is 11.2. The smallest absolute Gasteiger partial charge is 0.315 e. The molecule has 0 amide bonds. The monoisotopic (exact) mass is 1250 g/mol. The number of aliphatic hydroxyl groups is 16. The van der Waals surface area contributed by atoms with Crippen molar-refractivity contribution in [3.63, 3.8) is 0 Å². The van der Waals surface area contributed by atoms with E-state index in [1.54, 1.807) is 6.92 Å². The molecule has 4 saturated carbocycles. The van der Waals surface area contributed by atoms with Gasteiger partial charge >= 0.3 is 5.97 Å². The predicted octanol–water partition coefficient (Wildman–Crippen LogP) is -4.39. The van der Waals surface area contributed by atoms with Crippen LogP contribution in [0.15, 0.2) is 11.6 Å². The van der Waals surface area contributed by atoms with Gasteiger partial charge in [0.25, 0.3) is 0 Å². The SMILES string of the molecule is CC1OC(OC2C(OC(=O)C34CCC(C)(C)CC3C3=CCC5C6(C)CC(O)C(OC7OC(CO)C(O)C(O)C7OC7OC(CO)C(O)C(O)C7O)C(C)(C=O)C6CCC5(C)C3(C)CC4)OC(CO)C(O)C2O)C(O)C(O)C1OC1OCC(O)C(O)C1O. The number of carbonyl (C=O) groups excluding carboxylic acids is 2. The van der Waals surface area contributed by atoms with Gasteiger partial charge in [-0.2, -0.15) is 0 Å². The predicted molar refractivity (Wildman–Crippen MR) is 290 cm³/mol. The maximum Gasteiger partial charge on any atom is 0.315 e. The Morgan fingerprint density at radius 3 is 1.68 bits per heavy atom. The topological polar surface area (TPSA) is 450 Å². The lowest BCUT2D eigenvalue weighted by Crippen LogP contribution is -2.70. The van der Waals surface area contributed by atoms with E-state index in [2.05, 4.69) is 40.7 Å². The summed E-state index contributed by atoms with van der Waals surface area (Å²) in [6, 6.07) is 0. The lowest BCUT2D eigenvalue weighted by molar-refractivity contribution is -0.381. The van der Waals surface area contributed by atoms with Crippen LogP contribution in [0.5, 0.6) is 0 Å². The minimum atomic E-state index is -1.94. The van der Waals surface area contributed by atoms with Gasteiger partial charge in [-0.15, -0.1) is 0 Å². The summed E-state index contributed by atoms with van der Waals surface area (Å²) in [5.41, 5.74) is -3.68. The fourth-order valence-corrected chi connectivity index (χ4v) is 17.7. The minimum Gasteiger partial charge on any atom is -0.432 e. The number of rotatable bonds is 14. The van der Waals surface area contributed by atoms with Gasteiger partial charge in [-0.3, -0.25) is 4.79 Å². The molecule has 34 atom stereocenters. The van der Waals surface area contributed by atoms with Crippen LogP contribution in [0.2, 0.25) is 0 Å². The Morgan fingerprint density at radius 2 is 1.07 bits per heavy atom. The highest BCUT2D eigenvalue weighted by Gasteiger charge is 2.72. The highest BCUT2D eigenvalue weighted by Crippen LogP contribution is 2.76. The molecule has 34 unspecified atom stereocenters. The number of aldehydes is 1. The van der Waals surface area contributed by atoms with Crippen molar-refractivity contribution in [2.24, 2.45) is 50.2 Å². The zero-order valence-corrected chi connectivity index (χ0v) is 50.1. The van der Waals surface area contributed by atoms with E-state index in [0.717, 1.165) is 11.9 Å². The third-order valence-electron chi connectivity index (χ3n) is 23.0. The first-order chi connectivity index (χ1) is 40.8. The largest absolute Gasteiger partial charge is 0.432 e. The standard InChI is InChI=1S/C59H94O28/c1-23-44(83-48-41(74)33(66)27(65)21-78-48)40(73)43(76)49(79-23)84-46-39(72)36(69)30(20-62)82-52(46)87-53(77)59-14-12-54(2,3)16-25(59)24-8-9-32-55(4)17-26(64)47(56(5,22-63)31(55)10-11-58(32,7)57(24,6)13-15-59)86-51-45(38(71)35(68)29(19-61)81-51)85-50-42(75)37(70)34(67)28(18-60)80-50/h8,22-23,25-52,60-62,64-76H,9-21H2,1-7H3. The van der Waals surface area contributed by atoms with Crippen molar-refractivity contribution >= 4 is 12.3 Å². The number of esters is 1. The van der Waals surface area contributed by atoms with Crippen LogP contribution in [-0.2, 0) is 57.0 Å². The van der Waals surface area contributed by atoms with Crippen LogP contribution in [0.25, 0.3) is 0 Å². The first kappa shape index (κ1) is 67.8. The number of hydrogen-bond donors (Lipinski definition) is 16. The third-order valence-corrected chi connectivity index (χ3v) is 23.0. The van der Waals surface area contributed by atoms with E-state index in [0.29, 0.717) is 51.4 Å². The molecule has 0 aromatic heterocycles. The molecule has 5 heterocycles. The van der Waals surface area contributed by atoms with Crippen molar-refractivity contribution in [2.75, 3.05) is 26.4 Å². The Morgan fingerprint density at radius 1 is 0.552 bits per heavy atom. The molecule has 28 nitrogen and oxygen atoms in total. The quantitative estimate of drug-likeness (QED) is 0.0338. The van der Waals surface area contributed by atoms with E-state index >= 15 is 4.79 Å². The van der Waals surface area contributed by atoms with Crippen molar-refractivity contribution in [2.45, 2.75) is 266 Å². The van der Waals surface area contributed by atoms with Gasteiger partial charge in [0.05, 0.1) is 55.6 Å². The Kier molecular flexibility index (Phi) is 19.5. The van der Waals surface area contributed by atoms with Crippen molar-refractivity contribution < 1.29 is 139 Å². The molecule has 0 aromatic rings. The maximum atomic E-state index is 15.5. The Bertz CT molecular complexity index is 2460. The van der Waals surface area contributed by atoms with Gasteiger partial charge in [-0.05, 0) is 104 Å². The number of hydrogen-bond acceptors (Lipinski definition) is 28. The van der Waals surface area contributed by atoms with Crippen LogP contribution in [0.3, 0.4) is 0 Å². The van der Waals surface area contributed by atoms with Crippen molar-refractivity contribution in [3.05, 3.63) is 11.6 Å². The fraction of sp³-hybridized carbons (Fsp3) is 0.932. The summed E-state index contributed by atoms with van der Waals surface area (Å²) in [5, 5.41) is 174. The van der Waals surface area contributed by atoms with Gasteiger partial charge in [0, 0.05) is 0 Å². The van der Waals surface area contributed by atoms with Gasteiger partial charge in [0.2, 0.25) is 6.29 Å². The summed E-state index contributed by atoms with van der Waals surface area (Å²) >= 11 is 0. The lowest BCUT2D eigenvalue weighted by atomic mass is 9.33. The van der Waals surface area contributed by atoms with Crippen LogP contribution < -0.4 is 0 Å². The normalized spacial score (nSPS) is 55.1. The van der Waals surface area contributed by atoms with E-state index in [1.807, 2.05) is 0 Å². The Balaban J connectivity index is 0.895. The second kappa shape index (κ2) is 25.0. The molecule has 5 aliphatic heterocycles. The molecule has 0 spiro atoms. The molecule has 9 fully saturated rings. The van der Waals surface area contributed by atoms with Gasteiger partial charge < -0.3 is 134 Å². The van der Waals surface area contributed by atoms with E-state index in [-0.39, 0.29) is 17.8 Å². The molecule has 498 valence electrons. The fourth-order valence-electron chi connectivity index (χ4n) is 17.7. The lowest BCUT2D eigenvalue weighted by Gasteiger charge is -2.71. The highest BCUT2D eigenvalue weighted by atomic mass is 16.8. The zero-order chi connectivity index (χ0) is 63.6.